The van der Waals surface area contributed by atoms with E-state index in [0.29, 0.717) is 18.7 Å². The largest absolute Gasteiger partial charge is 0.395 e. The van der Waals surface area contributed by atoms with Crippen LogP contribution in [0, 0.1) is 0 Å². The van der Waals surface area contributed by atoms with E-state index in [1.807, 2.05) is 0 Å². The lowest BCUT2D eigenvalue weighted by atomic mass is 10.0. The topological polar surface area (TPSA) is 26.7 Å². The maximum Gasteiger partial charge on any atom is 0.0586 e. The van der Waals surface area contributed by atoms with Crippen molar-refractivity contribution in [1.29, 1.82) is 0 Å². The fourth-order valence-electron chi connectivity index (χ4n) is 3.94. The third-order valence-corrected chi connectivity index (χ3v) is 5.22. The minimum atomic E-state index is 0.341. The Morgan fingerprint density at radius 3 is 2.48 bits per heavy atom. The molecule has 1 N–H and O–H groups in total. The van der Waals surface area contributed by atoms with Crippen molar-refractivity contribution in [2.45, 2.75) is 44.2 Å². The third kappa shape index (κ3) is 3.85. The highest BCUT2D eigenvalue weighted by atomic mass is 16.3. The van der Waals surface area contributed by atoms with Crippen LogP contribution in [-0.4, -0.2) is 59.8 Å². The standard InChI is InChI=1S/C18H28N2O/c21-15-18-7-4-11-20(18)17-9-13-19(14-10-17)12-8-16-5-2-1-3-6-16/h1-3,5-6,17-18,21H,4,7-15H2/t18-/m1/s1. The molecule has 116 valence electrons. The van der Waals surface area contributed by atoms with E-state index < -0.39 is 0 Å². The fourth-order valence-corrected chi connectivity index (χ4v) is 3.94. The number of nitrogens with zero attached hydrogens (tertiary/aromatic N) is 2. The quantitative estimate of drug-likeness (QED) is 0.899. The second-order valence-electron chi connectivity index (χ2n) is 6.52. The summed E-state index contributed by atoms with van der Waals surface area (Å²) in [6, 6.07) is 11.9. The van der Waals surface area contributed by atoms with E-state index in [0.717, 1.165) is 6.42 Å². The van der Waals surface area contributed by atoms with Gasteiger partial charge in [-0.25, -0.2) is 0 Å². The van der Waals surface area contributed by atoms with Gasteiger partial charge in [0.25, 0.3) is 0 Å². The third-order valence-electron chi connectivity index (χ3n) is 5.22. The molecule has 1 atom stereocenters. The Labute approximate surface area is 128 Å². The van der Waals surface area contributed by atoms with Crippen molar-refractivity contribution in [3.8, 4) is 0 Å². The maximum atomic E-state index is 9.48. The summed E-state index contributed by atoms with van der Waals surface area (Å²) < 4.78 is 0. The van der Waals surface area contributed by atoms with Gasteiger partial charge in [-0.2, -0.15) is 0 Å². The van der Waals surface area contributed by atoms with E-state index >= 15 is 0 Å². The molecular weight excluding hydrogens is 260 g/mol. The van der Waals surface area contributed by atoms with Crippen molar-refractivity contribution >= 4 is 0 Å². The molecule has 0 unspecified atom stereocenters. The lowest BCUT2D eigenvalue weighted by Gasteiger charge is -2.39. The van der Waals surface area contributed by atoms with Gasteiger partial charge < -0.3 is 10.0 Å². The zero-order valence-electron chi connectivity index (χ0n) is 13.0. The molecule has 0 bridgehead atoms. The molecule has 1 aromatic carbocycles. The van der Waals surface area contributed by atoms with Crippen LogP contribution >= 0.6 is 0 Å². The second-order valence-corrected chi connectivity index (χ2v) is 6.52. The van der Waals surface area contributed by atoms with Crippen molar-refractivity contribution in [3.63, 3.8) is 0 Å². The van der Waals surface area contributed by atoms with E-state index in [1.165, 1.54) is 57.4 Å². The Morgan fingerprint density at radius 1 is 1.00 bits per heavy atom. The first-order valence-corrected chi connectivity index (χ1v) is 8.49. The summed E-state index contributed by atoms with van der Waals surface area (Å²) in [5.74, 6) is 0. The van der Waals surface area contributed by atoms with Crippen LogP contribution in [0.5, 0.6) is 0 Å². The van der Waals surface area contributed by atoms with Crippen LogP contribution in [0.15, 0.2) is 30.3 Å². The van der Waals surface area contributed by atoms with Gasteiger partial charge in [0.1, 0.15) is 0 Å². The van der Waals surface area contributed by atoms with Gasteiger partial charge in [0, 0.05) is 18.6 Å². The second kappa shape index (κ2) is 7.39. The molecule has 1 aromatic rings. The number of aliphatic hydroxyl groups excluding tert-OH is 1. The molecule has 0 aromatic heterocycles. The summed E-state index contributed by atoms with van der Waals surface area (Å²) in [7, 11) is 0. The molecule has 0 amide bonds. The Kier molecular flexibility index (Phi) is 5.28. The molecule has 2 heterocycles. The highest BCUT2D eigenvalue weighted by Crippen LogP contribution is 2.25. The Hall–Kier alpha value is -0.900. The van der Waals surface area contributed by atoms with Gasteiger partial charge in [0.2, 0.25) is 0 Å². The molecule has 0 aliphatic carbocycles. The highest BCUT2D eigenvalue weighted by Gasteiger charge is 2.32. The van der Waals surface area contributed by atoms with Crippen molar-refractivity contribution in [3.05, 3.63) is 35.9 Å². The van der Waals surface area contributed by atoms with Crippen LogP contribution in [0.2, 0.25) is 0 Å². The van der Waals surface area contributed by atoms with Gasteiger partial charge in [0.05, 0.1) is 6.61 Å². The lowest BCUT2D eigenvalue weighted by Crippen LogP contribution is -2.47. The van der Waals surface area contributed by atoms with Gasteiger partial charge >= 0.3 is 0 Å². The highest BCUT2D eigenvalue weighted by molar-refractivity contribution is 5.14. The smallest absolute Gasteiger partial charge is 0.0586 e. The van der Waals surface area contributed by atoms with Gasteiger partial charge in [-0.05, 0) is 57.3 Å². The fraction of sp³-hybridized carbons (Fsp3) is 0.667. The van der Waals surface area contributed by atoms with Crippen molar-refractivity contribution in [1.82, 2.24) is 9.80 Å². The summed E-state index contributed by atoms with van der Waals surface area (Å²) in [6.07, 6.45) is 6.15. The average Bonchev–Trinajstić information content (AvgIpc) is 3.03. The van der Waals surface area contributed by atoms with Crippen LogP contribution in [-0.2, 0) is 6.42 Å². The van der Waals surface area contributed by atoms with Crippen molar-refractivity contribution in [2.24, 2.45) is 0 Å². The molecule has 3 rings (SSSR count). The zero-order chi connectivity index (χ0) is 14.5. The van der Waals surface area contributed by atoms with Crippen LogP contribution < -0.4 is 0 Å². The number of piperidine rings is 1. The van der Waals surface area contributed by atoms with Crippen LogP contribution in [0.25, 0.3) is 0 Å². The van der Waals surface area contributed by atoms with Gasteiger partial charge in [-0.15, -0.1) is 0 Å². The summed E-state index contributed by atoms with van der Waals surface area (Å²) in [5.41, 5.74) is 1.44. The molecule has 0 saturated carbocycles. The molecule has 2 saturated heterocycles. The van der Waals surface area contributed by atoms with E-state index in [-0.39, 0.29) is 0 Å². The monoisotopic (exact) mass is 288 g/mol. The normalized spacial score (nSPS) is 25.5. The van der Waals surface area contributed by atoms with Gasteiger partial charge in [-0.1, -0.05) is 30.3 Å². The SMILES string of the molecule is OC[C@H]1CCCN1C1CCN(CCc2ccccc2)CC1. The van der Waals surface area contributed by atoms with Crippen LogP contribution in [0.1, 0.15) is 31.2 Å². The van der Waals surface area contributed by atoms with E-state index in [9.17, 15) is 5.11 Å². The van der Waals surface area contributed by atoms with Crippen LogP contribution in [0.3, 0.4) is 0 Å². The van der Waals surface area contributed by atoms with E-state index in [4.69, 9.17) is 0 Å². The van der Waals surface area contributed by atoms with Gasteiger partial charge in [-0.3, -0.25) is 4.90 Å². The molecule has 0 radical (unpaired) electrons. The number of likely N-dealkylation sites (tertiary alicyclic amines) is 2. The van der Waals surface area contributed by atoms with Crippen LogP contribution in [0.4, 0.5) is 0 Å². The van der Waals surface area contributed by atoms with E-state index in [1.54, 1.807) is 0 Å². The molecule has 2 aliphatic heterocycles. The summed E-state index contributed by atoms with van der Waals surface area (Å²) in [4.78, 5) is 5.18. The molecule has 21 heavy (non-hydrogen) atoms. The zero-order valence-corrected chi connectivity index (χ0v) is 13.0. The minimum Gasteiger partial charge on any atom is -0.395 e. The maximum absolute atomic E-state index is 9.48. The summed E-state index contributed by atoms with van der Waals surface area (Å²) in [6.45, 7) is 5.15. The minimum absolute atomic E-state index is 0.341. The number of hydrogen-bond donors (Lipinski definition) is 1. The Morgan fingerprint density at radius 2 is 1.76 bits per heavy atom. The first-order valence-electron chi connectivity index (χ1n) is 8.49. The van der Waals surface area contributed by atoms with Crippen molar-refractivity contribution < 1.29 is 5.11 Å². The Balaban J connectivity index is 1.43. The number of rotatable bonds is 5. The molecule has 2 aliphatic rings. The molecule has 0 spiro atoms. The Bertz CT molecular complexity index is 414. The first kappa shape index (κ1) is 15.0. The first-order chi connectivity index (χ1) is 10.4. The predicted octanol–water partition coefficient (Wildman–Crippen LogP) is 2.15. The number of benzene rings is 1. The summed E-state index contributed by atoms with van der Waals surface area (Å²) in [5, 5.41) is 9.48. The number of hydrogen-bond acceptors (Lipinski definition) is 3. The van der Waals surface area contributed by atoms with Crippen molar-refractivity contribution in [2.75, 3.05) is 32.8 Å². The summed E-state index contributed by atoms with van der Waals surface area (Å²) >= 11 is 0. The average molecular weight is 288 g/mol. The van der Waals surface area contributed by atoms with Gasteiger partial charge in [0.15, 0.2) is 0 Å². The molecular formula is C18H28N2O. The van der Waals surface area contributed by atoms with E-state index in [2.05, 4.69) is 40.1 Å². The molecule has 3 nitrogen and oxygen atoms in total. The molecule has 3 heteroatoms. The number of aliphatic hydroxyl groups is 1. The molecule has 2 fully saturated rings. The predicted molar refractivity (Wildman–Crippen MR) is 86.4 cm³/mol. The lowest BCUT2D eigenvalue weighted by molar-refractivity contribution is 0.0733.